The maximum atomic E-state index is 15.1. The molecular weight excluding hydrogens is 2080 g/mol. The average molecular weight is 2170 g/mol. The fourth-order valence-corrected chi connectivity index (χ4v) is 34.2. The number of nitrogens with zero attached hydrogens (tertiary/aromatic N) is 8. The zero-order valence-corrected chi connectivity index (χ0v) is 87.9. The number of hydrogen-bond donors (Lipinski definition) is 0. The van der Waals surface area contributed by atoms with Crippen LogP contribution in [0, 0.1) is 0 Å². The van der Waals surface area contributed by atoms with Gasteiger partial charge in [0.15, 0.2) is 0 Å². The van der Waals surface area contributed by atoms with E-state index in [2.05, 4.69) is 180 Å². The Morgan fingerprint density at radius 3 is 0.772 bits per heavy atom. The molecule has 8 aromatic carbocycles. The summed E-state index contributed by atoms with van der Waals surface area (Å²) in [5.74, 6) is 1.75. The summed E-state index contributed by atoms with van der Waals surface area (Å²) >= 11 is -0.837. The number of benzene rings is 8. The van der Waals surface area contributed by atoms with Crippen molar-refractivity contribution in [2.75, 3.05) is 19.6 Å². The second-order valence-corrected chi connectivity index (χ2v) is 50.9. The summed E-state index contributed by atoms with van der Waals surface area (Å²) in [7, 11) is 0. The Morgan fingerprint density at radius 1 is 0.248 bits per heavy atom. The molecule has 8 aromatic heterocycles. The summed E-state index contributed by atoms with van der Waals surface area (Å²) in [6.45, 7) is 28.0. The fraction of sp³-hybridized carbons (Fsp3) is 0.180. The third-order valence-corrected chi connectivity index (χ3v) is 40.8. The molecule has 0 saturated heterocycles. The normalized spacial score (nSPS) is 18.3. The van der Waals surface area contributed by atoms with Crippen LogP contribution in [0.2, 0.25) is 0 Å². The number of carbonyl (C=O) groups is 8. The molecule has 0 amide bonds. The van der Waals surface area contributed by atoms with Crippen molar-refractivity contribution in [3.8, 4) is 0 Å². The number of pyridine rings is 4. The van der Waals surface area contributed by atoms with Crippen LogP contribution in [0.3, 0.4) is 0 Å². The molecule has 16 nitrogen and oxygen atoms in total. The molecule has 4 aliphatic carbocycles. The first-order valence-electron chi connectivity index (χ1n) is 48.1. The Hall–Kier alpha value is -14.3. The predicted octanol–water partition coefficient (Wildman–Crippen LogP) is 25.2. The van der Waals surface area contributed by atoms with Gasteiger partial charge in [0.2, 0.25) is 0 Å². The standard InChI is InChI=1S/C31H21F3N2O2Se.2C31H24N2O2Se.C29H20N2O2Se/c1-29(2)20-10-6-11-21-24(20)36(27-22(29)12-7-13-35-27)28-23(30(21,3)31(32,33)34)15-16(39-28)14-19-25(37)17-8-4-5-9-18(17)26(19)38;2*1-30(2)21-11-7-12-22-25(21)33(28-23(30)13-8-14-32-28)29-24(31(22,3)4)16-17(36-29)15-20-26(34)18-9-5-6-10-19(18)27(20)35;1-29(2)22-10-5-7-16-13-17-14-18(15-21-25(32)19-8-3-4-9-20(19)26(21)33)34-28(17)31(24(16)22)27-23(29)11-6-12-30-27/h4-15H,1-3H3;2*5-16H,1-4H3;3-12,14-15H,13H2,1-2H3. The van der Waals surface area contributed by atoms with Gasteiger partial charge in [-0.05, 0) is 0 Å². The van der Waals surface area contributed by atoms with E-state index < -0.39 is 43.1 Å². The van der Waals surface area contributed by atoms with Crippen molar-refractivity contribution in [2.24, 2.45) is 0 Å². The van der Waals surface area contributed by atoms with Gasteiger partial charge in [-0.15, -0.1) is 0 Å². The molecule has 0 saturated carbocycles. The Kier molecular flexibility index (Phi) is 20.3. The maximum absolute atomic E-state index is 15.1. The molecule has 12 aliphatic rings. The van der Waals surface area contributed by atoms with E-state index in [9.17, 15) is 38.4 Å². The number of carbonyl (C=O) groups excluding carboxylic acids is 8. The SMILES string of the molecule is CC1(C)c2cccnc2N2c3[se]c(C=C4C(=O)c5ccccc5C4=O)cc3C(C)(C(F)(F)F)c3cccc1c32.CC1(C)c2cccnc2N2c3[se]c(C=C4C(=O)c5ccccc5C4=O)cc3C(C)(C)c3cccc1c32.CC1(C)c2cccnc2N2c3[se]c(C=C4C(=O)c5ccccc5C4=O)cc3C(C)(C)c3cccc1c32.CC1(C)c2cccnc2N2c3[se]c(C=C4C(=O)c5ccccc5C4=O)cc3Cc3cccc1c32. The summed E-state index contributed by atoms with van der Waals surface area (Å²) in [4.78, 5) is 133. The van der Waals surface area contributed by atoms with E-state index in [1.165, 1.54) is 117 Å². The monoisotopic (exact) mass is 2170 g/mol. The van der Waals surface area contributed by atoms with E-state index in [0.29, 0.717) is 65.0 Å². The van der Waals surface area contributed by atoms with Crippen molar-refractivity contribution in [2.45, 2.75) is 141 Å². The average Bonchev–Trinajstić information content (AvgIpc) is 1.66. The fourth-order valence-electron chi connectivity index (χ4n) is 23.9. The number of hydrogen-bond acceptors (Lipinski definition) is 16. The van der Waals surface area contributed by atoms with Gasteiger partial charge in [-0.2, -0.15) is 0 Å². The van der Waals surface area contributed by atoms with Crippen molar-refractivity contribution >= 4 is 193 Å². The molecule has 145 heavy (non-hydrogen) atoms. The quantitative estimate of drug-likeness (QED) is 0.0914. The number of aromatic nitrogens is 4. The molecule has 0 bridgehead atoms. The van der Waals surface area contributed by atoms with Gasteiger partial charge in [-0.25, -0.2) is 0 Å². The van der Waals surface area contributed by atoms with E-state index in [0.717, 1.165) is 48.3 Å². The zero-order chi connectivity index (χ0) is 101. The van der Waals surface area contributed by atoms with Crippen LogP contribution in [0.1, 0.15) is 280 Å². The summed E-state index contributed by atoms with van der Waals surface area (Å²) in [5.41, 5.74) is 22.2. The Morgan fingerprint density at radius 2 is 0.476 bits per heavy atom. The van der Waals surface area contributed by atoms with Crippen molar-refractivity contribution in [3.63, 3.8) is 0 Å². The van der Waals surface area contributed by atoms with E-state index in [1.807, 2.05) is 128 Å². The van der Waals surface area contributed by atoms with Crippen molar-refractivity contribution < 1.29 is 51.5 Å². The molecule has 23 heteroatoms. The van der Waals surface area contributed by atoms with E-state index in [1.54, 1.807) is 79.0 Å². The third-order valence-electron chi connectivity index (χ3n) is 31.8. The van der Waals surface area contributed by atoms with Crippen molar-refractivity contribution in [3.05, 3.63) is 441 Å². The zero-order valence-electron chi connectivity index (χ0n) is 81.0. The summed E-state index contributed by atoms with van der Waals surface area (Å²) < 4.78 is 53.3. The number of anilines is 12. The number of alkyl halides is 3. The van der Waals surface area contributed by atoms with Crippen LogP contribution in [0.25, 0.3) is 24.3 Å². The minimum atomic E-state index is -4.59. The van der Waals surface area contributed by atoms with Gasteiger partial charge in [0.1, 0.15) is 0 Å². The van der Waals surface area contributed by atoms with E-state index >= 15 is 13.2 Å². The van der Waals surface area contributed by atoms with E-state index in [-0.39, 0.29) is 139 Å². The first kappa shape index (κ1) is 91.8. The van der Waals surface area contributed by atoms with Gasteiger partial charge < -0.3 is 0 Å². The van der Waals surface area contributed by atoms with Crippen LogP contribution in [-0.2, 0) is 44.3 Å². The minimum absolute atomic E-state index is 0.00519. The van der Waals surface area contributed by atoms with Crippen molar-refractivity contribution in [1.29, 1.82) is 0 Å². The molecule has 1 atom stereocenters. The predicted molar refractivity (Wildman–Crippen MR) is 564 cm³/mol. The molecule has 0 fully saturated rings. The van der Waals surface area contributed by atoms with Gasteiger partial charge >= 0.3 is 865 Å². The van der Waals surface area contributed by atoms with Crippen molar-refractivity contribution in [1.82, 2.24) is 19.9 Å². The van der Waals surface area contributed by atoms with Gasteiger partial charge in [0.25, 0.3) is 0 Å². The number of allylic oxidation sites excluding steroid dienone is 4. The number of halogens is 3. The van der Waals surface area contributed by atoms with Gasteiger partial charge in [0, 0.05) is 0 Å². The third kappa shape index (κ3) is 13.0. The van der Waals surface area contributed by atoms with Crippen LogP contribution in [0.4, 0.5) is 77.4 Å². The Balaban J connectivity index is 0.000000101. The first-order valence-corrected chi connectivity index (χ1v) is 55.0. The molecule has 0 spiro atoms. The molecule has 16 heterocycles. The molecule has 8 aliphatic heterocycles. The Bertz CT molecular complexity index is 8400. The molecule has 1 unspecified atom stereocenters. The number of rotatable bonds is 4. The number of Topliss-reactive ketones (excluding diaryl/α,β-unsaturated/α-hetero) is 8. The van der Waals surface area contributed by atoms with E-state index in [4.69, 9.17) is 15.0 Å². The van der Waals surface area contributed by atoms with Crippen LogP contribution in [-0.4, -0.2) is 130 Å². The number of ketones is 8. The summed E-state index contributed by atoms with van der Waals surface area (Å²) in [6.07, 6.45) is 10.5. The molecular formula is C122H89F3N8O8Se4. The van der Waals surface area contributed by atoms with Crippen LogP contribution >= 0.6 is 0 Å². The Labute approximate surface area is 858 Å². The molecule has 710 valence electrons. The first-order chi connectivity index (χ1) is 69.3. The van der Waals surface area contributed by atoms with Crippen LogP contribution in [0.15, 0.2) is 290 Å². The molecule has 28 rings (SSSR count). The topological polar surface area (TPSA) is 201 Å². The van der Waals surface area contributed by atoms with Gasteiger partial charge in [0.05, 0.1) is 0 Å². The molecule has 0 N–H and O–H groups in total. The number of fused-ring (bicyclic) bond motifs is 20. The summed E-state index contributed by atoms with van der Waals surface area (Å²) in [5, 5.41) is 0. The van der Waals surface area contributed by atoms with Gasteiger partial charge in [-0.3, -0.25) is 0 Å². The van der Waals surface area contributed by atoms with Gasteiger partial charge in [-0.1, -0.05) is 0 Å². The second-order valence-electron chi connectivity index (χ2n) is 41.9. The molecule has 0 radical (unpaired) electrons. The van der Waals surface area contributed by atoms with Crippen LogP contribution < -0.4 is 19.6 Å². The number of para-hydroxylation sites is 4. The molecule has 16 aromatic rings. The van der Waals surface area contributed by atoms with Crippen LogP contribution in [0.5, 0.6) is 0 Å². The second kappa shape index (κ2) is 32.1. The summed E-state index contributed by atoms with van der Waals surface area (Å²) in [6, 6.07) is 77.5.